The van der Waals surface area contributed by atoms with Gasteiger partial charge in [0.2, 0.25) is 5.78 Å². The average Bonchev–Trinajstić information content (AvgIpc) is 2.70. The van der Waals surface area contributed by atoms with E-state index >= 15 is 0 Å². The monoisotopic (exact) mass is 536 g/mol. The Labute approximate surface area is 223 Å². The number of benzene rings is 1. The summed E-state index contributed by atoms with van der Waals surface area (Å²) in [5.41, 5.74) is 0.878. The first-order valence-corrected chi connectivity index (χ1v) is 19.0. The number of carbonyl (C=O) groups excluding carboxylic acids is 1. The molecule has 0 radical (unpaired) electrons. The first-order chi connectivity index (χ1) is 15.8. The lowest BCUT2D eigenvalue weighted by atomic mass is 9.81. The van der Waals surface area contributed by atoms with Crippen molar-refractivity contribution in [3.63, 3.8) is 0 Å². The van der Waals surface area contributed by atoms with Gasteiger partial charge in [-0.15, -0.1) is 0 Å². The smallest absolute Gasteiger partial charge is 0.202 e. The molecular formula is C29H49ClO3Si2. The van der Waals surface area contributed by atoms with Crippen LogP contribution in [0.1, 0.15) is 73.3 Å². The van der Waals surface area contributed by atoms with E-state index in [1.807, 2.05) is 18.2 Å². The third-order valence-corrected chi connectivity index (χ3v) is 17.3. The Hall–Kier alpha value is -0.906. The molecule has 0 heterocycles. The molecule has 35 heavy (non-hydrogen) atoms. The van der Waals surface area contributed by atoms with Crippen LogP contribution in [0, 0.1) is 17.3 Å². The summed E-state index contributed by atoms with van der Waals surface area (Å²) in [6.07, 6.45) is 3.32. The van der Waals surface area contributed by atoms with Gasteiger partial charge in [0.15, 0.2) is 16.6 Å². The van der Waals surface area contributed by atoms with Gasteiger partial charge in [-0.2, -0.15) is 0 Å². The summed E-state index contributed by atoms with van der Waals surface area (Å²) in [5, 5.41) is 1.04. The van der Waals surface area contributed by atoms with Crippen LogP contribution in [0.2, 0.25) is 41.3 Å². The lowest BCUT2D eigenvalue weighted by molar-refractivity contribution is -0.111. The van der Waals surface area contributed by atoms with Gasteiger partial charge in [0.05, 0.1) is 0 Å². The number of halogens is 1. The summed E-state index contributed by atoms with van der Waals surface area (Å²) in [5.74, 6) is 5.85. The molecule has 0 saturated carbocycles. The highest BCUT2D eigenvalue weighted by molar-refractivity contribution is 6.74. The highest BCUT2D eigenvalue weighted by atomic mass is 35.5. The van der Waals surface area contributed by atoms with E-state index in [1.54, 1.807) is 0 Å². The Kier molecular flexibility index (Phi) is 11.5. The molecule has 1 aromatic carbocycles. The zero-order valence-electron chi connectivity index (χ0n) is 24.2. The molecule has 0 atom stereocenters. The molecule has 0 saturated heterocycles. The largest absolute Gasteiger partial charge is 0.416 e. The van der Waals surface area contributed by atoms with Gasteiger partial charge in [-0.25, -0.2) is 0 Å². The predicted molar refractivity (Wildman–Crippen MR) is 156 cm³/mol. The first-order valence-electron chi connectivity index (χ1n) is 12.8. The van der Waals surface area contributed by atoms with Gasteiger partial charge in [-0.05, 0) is 73.1 Å². The van der Waals surface area contributed by atoms with Gasteiger partial charge < -0.3 is 8.85 Å². The number of carbonyl (C=O) groups is 1. The fourth-order valence-corrected chi connectivity index (χ4v) is 5.62. The topological polar surface area (TPSA) is 35.5 Å². The van der Waals surface area contributed by atoms with E-state index in [2.05, 4.69) is 85.6 Å². The average molecular weight is 537 g/mol. The Morgan fingerprint density at radius 1 is 0.914 bits per heavy atom. The lowest BCUT2D eigenvalue weighted by Gasteiger charge is -2.43. The molecule has 0 aromatic heterocycles. The predicted octanol–water partition coefficient (Wildman–Crippen LogP) is 8.68. The van der Waals surface area contributed by atoms with E-state index in [9.17, 15) is 4.79 Å². The molecule has 0 unspecified atom stereocenters. The Balaban J connectivity index is 3.28. The second-order valence-electron chi connectivity index (χ2n) is 13.1. The van der Waals surface area contributed by atoms with Gasteiger partial charge in [0.1, 0.15) is 0 Å². The molecular weight excluding hydrogens is 488 g/mol. The minimum atomic E-state index is -1.98. The maximum Gasteiger partial charge on any atom is 0.202 e. The van der Waals surface area contributed by atoms with E-state index in [4.69, 9.17) is 20.5 Å². The van der Waals surface area contributed by atoms with Crippen molar-refractivity contribution in [2.24, 2.45) is 5.41 Å². The highest BCUT2D eigenvalue weighted by Gasteiger charge is 2.43. The van der Waals surface area contributed by atoms with Crippen molar-refractivity contribution in [2.45, 2.75) is 110 Å². The van der Waals surface area contributed by atoms with E-state index in [0.29, 0.717) is 19.6 Å². The van der Waals surface area contributed by atoms with Crippen molar-refractivity contribution < 1.29 is 13.6 Å². The molecule has 1 rings (SSSR count). The van der Waals surface area contributed by atoms with Gasteiger partial charge >= 0.3 is 0 Å². The standard InChI is InChI=1S/C29H49ClO3Si2/c1-24(31)16-14-20-29(22-32-34(8,9)27(2,3)4,23-33-35(10,11)28(5,6)7)21-15-18-25-17-12-13-19-26(25)30/h12-13,17,19H,15,18,20-23H2,1-11H3. The zero-order chi connectivity index (χ0) is 27.1. The van der Waals surface area contributed by atoms with Crippen LogP contribution in [-0.4, -0.2) is 35.6 Å². The lowest BCUT2D eigenvalue weighted by Crippen LogP contribution is -2.48. The van der Waals surface area contributed by atoms with Crippen molar-refractivity contribution in [3.05, 3.63) is 34.9 Å². The summed E-state index contributed by atoms with van der Waals surface area (Å²) < 4.78 is 13.6. The van der Waals surface area contributed by atoms with Crippen LogP contribution in [0.5, 0.6) is 0 Å². The molecule has 0 aliphatic rings. The zero-order valence-corrected chi connectivity index (χ0v) is 26.9. The van der Waals surface area contributed by atoms with Crippen molar-refractivity contribution in [3.8, 4) is 11.8 Å². The maximum atomic E-state index is 11.6. The number of hydrogen-bond donors (Lipinski definition) is 0. The van der Waals surface area contributed by atoms with E-state index in [1.165, 1.54) is 6.92 Å². The number of Topliss-reactive ketones (excluding diaryl/α,β-unsaturated/α-hetero) is 1. The molecule has 1 aromatic rings. The maximum absolute atomic E-state index is 11.6. The highest BCUT2D eigenvalue weighted by Crippen LogP contribution is 2.42. The molecule has 6 heteroatoms. The first kappa shape index (κ1) is 32.1. The van der Waals surface area contributed by atoms with Crippen LogP contribution >= 0.6 is 11.6 Å². The van der Waals surface area contributed by atoms with E-state index < -0.39 is 16.6 Å². The summed E-state index contributed by atoms with van der Waals surface area (Å²) in [6.45, 7) is 25.4. The van der Waals surface area contributed by atoms with Crippen molar-refractivity contribution in [1.82, 2.24) is 0 Å². The van der Waals surface area contributed by atoms with Crippen LogP contribution in [0.4, 0.5) is 0 Å². The quantitative estimate of drug-likeness (QED) is 0.161. The van der Waals surface area contributed by atoms with Crippen molar-refractivity contribution in [1.29, 1.82) is 0 Å². The fraction of sp³-hybridized carbons (Fsp3) is 0.690. The molecule has 0 amide bonds. The molecule has 0 bridgehead atoms. The Morgan fingerprint density at radius 3 is 1.83 bits per heavy atom. The molecule has 0 spiro atoms. The summed E-state index contributed by atoms with van der Waals surface area (Å²) in [7, 11) is -3.96. The number of hydrogen-bond acceptors (Lipinski definition) is 3. The molecule has 0 aliphatic carbocycles. The van der Waals surface area contributed by atoms with Gasteiger partial charge in [-0.1, -0.05) is 77.3 Å². The third kappa shape index (κ3) is 10.2. The Morgan fingerprint density at radius 2 is 1.40 bits per heavy atom. The number of ketones is 1. The molecule has 0 N–H and O–H groups in total. The van der Waals surface area contributed by atoms with E-state index in [0.717, 1.165) is 29.8 Å². The SMILES string of the molecule is CC(=O)C#CCC(CCCc1ccccc1Cl)(CO[Si](C)(C)C(C)(C)C)CO[Si](C)(C)C(C)(C)C. The molecule has 3 nitrogen and oxygen atoms in total. The van der Waals surface area contributed by atoms with Gasteiger partial charge in [-0.3, -0.25) is 4.79 Å². The molecule has 0 aliphatic heterocycles. The van der Waals surface area contributed by atoms with Gasteiger partial charge in [0, 0.05) is 37.0 Å². The van der Waals surface area contributed by atoms with Crippen LogP contribution in [0.25, 0.3) is 0 Å². The fourth-order valence-electron chi connectivity index (χ4n) is 3.19. The minimum absolute atomic E-state index is 0.106. The van der Waals surface area contributed by atoms with Crippen molar-refractivity contribution in [2.75, 3.05) is 13.2 Å². The van der Waals surface area contributed by atoms with Crippen LogP contribution < -0.4 is 0 Å². The van der Waals surface area contributed by atoms with Crippen LogP contribution in [-0.2, 0) is 20.1 Å². The van der Waals surface area contributed by atoms with Crippen LogP contribution in [0.15, 0.2) is 24.3 Å². The second-order valence-corrected chi connectivity index (χ2v) is 23.1. The summed E-state index contributed by atoms with van der Waals surface area (Å²) >= 11 is 6.44. The molecule has 0 fully saturated rings. The summed E-state index contributed by atoms with van der Waals surface area (Å²) in [4.78, 5) is 11.6. The van der Waals surface area contributed by atoms with E-state index in [-0.39, 0.29) is 21.3 Å². The Bertz CT molecular complexity index is 869. The van der Waals surface area contributed by atoms with Crippen LogP contribution in [0.3, 0.4) is 0 Å². The summed E-state index contributed by atoms with van der Waals surface area (Å²) in [6, 6.07) is 8.04. The van der Waals surface area contributed by atoms with Gasteiger partial charge in [0.25, 0.3) is 0 Å². The minimum Gasteiger partial charge on any atom is -0.416 e. The number of aryl methyl sites for hydroxylation is 1. The van der Waals surface area contributed by atoms with Crippen molar-refractivity contribution >= 4 is 34.0 Å². The molecule has 198 valence electrons. The normalized spacial score (nSPS) is 13.4. The number of rotatable bonds is 11. The third-order valence-electron chi connectivity index (χ3n) is 7.93. The second kappa shape index (κ2) is 12.6.